The molecule has 108 valence electrons. The zero-order chi connectivity index (χ0) is 14.7. The summed E-state index contributed by atoms with van der Waals surface area (Å²) in [4.78, 5) is 10.6. The third-order valence-corrected chi connectivity index (χ3v) is 3.86. The van der Waals surface area contributed by atoms with Gasteiger partial charge in [0.2, 0.25) is 0 Å². The molecule has 1 N–H and O–H groups in total. The number of nitrogens with zero attached hydrogens (tertiary/aromatic N) is 1. The van der Waals surface area contributed by atoms with E-state index in [0.29, 0.717) is 6.54 Å². The van der Waals surface area contributed by atoms with Crippen molar-refractivity contribution >= 4 is 5.69 Å². The Balaban J connectivity index is 1.57. The van der Waals surface area contributed by atoms with Crippen molar-refractivity contribution < 1.29 is 4.92 Å². The van der Waals surface area contributed by atoms with E-state index >= 15 is 0 Å². The van der Waals surface area contributed by atoms with Crippen molar-refractivity contribution in [2.75, 3.05) is 0 Å². The summed E-state index contributed by atoms with van der Waals surface area (Å²) in [5.41, 5.74) is 3.53. The summed E-state index contributed by atoms with van der Waals surface area (Å²) in [5.74, 6) is 0.777. The third kappa shape index (κ3) is 3.47. The highest BCUT2D eigenvalue weighted by Crippen LogP contribution is 2.39. The zero-order valence-corrected chi connectivity index (χ0v) is 11.8. The lowest BCUT2D eigenvalue weighted by Crippen LogP contribution is -2.13. The molecule has 4 nitrogen and oxygen atoms in total. The van der Waals surface area contributed by atoms with Crippen LogP contribution in [-0.2, 0) is 13.1 Å². The number of nitro benzene ring substituents is 1. The largest absolute Gasteiger partial charge is 0.308 e. The second-order valence-corrected chi connectivity index (χ2v) is 5.51. The maximum Gasteiger partial charge on any atom is 0.273 e. The van der Waals surface area contributed by atoms with Gasteiger partial charge in [0, 0.05) is 24.7 Å². The number of rotatable bonds is 6. The molecule has 0 amide bonds. The molecule has 0 aromatic heterocycles. The molecular weight excluding hydrogens is 264 g/mol. The molecule has 1 aliphatic rings. The molecule has 4 heteroatoms. The third-order valence-electron chi connectivity index (χ3n) is 3.86. The molecule has 0 radical (unpaired) electrons. The van der Waals surface area contributed by atoms with E-state index in [1.165, 1.54) is 24.0 Å². The maximum atomic E-state index is 10.9. The van der Waals surface area contributed by atoms with Crippen molar-refractivity contribution in [3.63, 3.8) is 0 Å². The van der Waals surface area contributed by atoms with Crippen molar-refractivity contribution in [1.29, 1.82) is 0 Å². The second-order valence-electron chi connectivity index (χ2n) is 5.51. The molecule has 2 aromatic rings. The van der Waals surface area contributed by atoms with Crippen molar-refractivity contribution in [3.8, 4) is 0 Å². The van der Waals surface area contributed by atoms with E-state index < -0.39 is 0 Å². The first-order valence-corrected chi connectivity index (χ1v) is 7.26. The molecule has 1 aliphatic carbocycles. The van der Waals surface area contributed by atoms with E-state index in [-0.39, 0.29) is 10.6 Å². The lowest BCUT2D eigenvalue weighted by atomic mass is 10.1. The van der Waals surface area contributed by atoms with Gasteiger partial charge in [-0.15, -0.1) is 0 Å². The summed E-state index contributed by atoms with van der Waals surface area (Å²) in [6.07, 6.45) is 2.63. The molecule has 21 heavy (non-hydrogen) atoms. The topological polar surface area (TPSA) is 55.2 Å². The molecule has 3 rings (SSSR count). The SMILES string of the molecule is O=[N+]([O-])c1ccccc1CNCc1ccc(C2CC2)cc1. The fourth-order valence-electron chi connectivity index (χ4n) is 2.50. The van der Waals surface area contributed by atoms with Crippen molar-refractivity contribution in [1.82, 2.24) is 5.32 Å². The van der Waals surface area contributed by atoms with Gasteiger partial charge in [0.15, 0.2) is 0 Å². The first kappa shape index (κ1) is 13.8. The fraction of sp³-hybridized carbons (Fsp3) is 0.294. The van der Waals surface area contributed by atoms with E-state index in [1.807, 2.05) is 6.07 Å². The van der Waals surface area contributed by atoms with E-state index in [0.717, 1.165) is 18.0 Å². The fourth-order valence-corrected chi connectivity index (χ4v) is 2.50. The molecule has 0 heterocycles. The molecule has 0 spiro atoms. The highest BCUT2D eigenvalue weighted by atomic mass is 16.6. The molecule has 1 fully saturated rings. The Bertz CT molecular complexity index is 633. The Hall–Kier alpha value is -2.20. The summed E-state index contributed by atoms with van der Waals surface area (Å²) < 4.78 is 0. The molecule has 1 saturated carbocycles. The van der Waals surface area contributed by atoms with Crippen molar-refractivity contribution in [3.05, 3.63) is 75.3 Å². The number of benzene rings is 2. The Morgan fingerprint density at radius 1 is 1.05 bits per heavy atom. The van der Waals surface area contributed by atoms with E-state index in [9.17, 15) is 10.1 Å². The summed E-state index contributed by atoms with van der Waals surface area (Å²) in [7, 11) is 0. The molecular formula is C17H18N2O2. The first-order valence-electron chi connectivity index (χ1n) is 7.26. The van der Waals surface area contributed by atoms with Gasteiger partial charge in [-0.1, -0.05) is 42.5 Å². The van der Waals surface area contributed by atoms with Crippen LogP contribution in [0.3, 0.4) is 0 Å². The smallest absolute Gasteiger partial charge is 0.273 e. The quantitative estimate of drug-likeness (QED) is 0.648. The molecule has 0 unspecified atom stereocenters. The number of nitrogens with one attached hydrogen (secondary N) is 1. The summed E-state index contributed by atoms with van der Waals surface area (Å²) in [5, 5.41) is 14.2. The van der Waals surface area contributed by atoms with Crippen LogP contribution >= 0.6 is 0 Å². The highest BCUT2D eigenvalue weighted by Gasteiger charge is 2.22. The average molecular weight is 282 g/mol. The van der Waals surface area contributed by atoms with Gasteiger partial charge in [0.1, 0.15) is 0 Å². The van der Waals surface area contributed by atoms with Crippen LogP contribution in [0.25, 0.3) is 0 Å². The van der Waals surface area contributed by atoms with Crippen LogP contribution in [-0.4, -0.2) is 4.92 Å². The van der Waals surface area contributed by atoms with E-state index in [4.69, 9.17) is 0 Å². The van der Waals surface area contributed by atoms with Crippen molar-refractivity contribution in [2.45, 2.75) is 31.8 Å². The van der Waals surface area contributed by atoms with Crippen LogP contribution in [0.4, 0.5) is 5.69 Å². The van der Waals surface area contributed by atoms with Crippen LogP contribution in [0.5, 0.6) is 0 Å². The Labute approximate surface area is 124 Å². The van der Waals surface area contributed by atoms with Crippen LogP contribution in [0.1, 0.15) is 35.4 Å². The average Bonchev–Trinajstić information content (AvgIpc) is 3.33. The van der Waals surface area contributed by atoms with Gasteiger partial charge < -0.3 is 5.32 Å². The standard InChI is InChI=1S/C17H18N2O2/c20-19(21)17-4-2-1-3-16(17)12-18-11-13-5-7-14(8-6-13)15-9-10-15/h1-8,15,18H,9-12H2. The van der Waals surface area contributed by atoms with Crippen LogP contribution in [0, 0.1) is 10.1 Å². The van der Waals surface area contributed by atoms with Gasteiger partial charge >= 0.3 is 0 Å². The number of hydrogen-bond acceptors (Lipinski definition) is 3. The summed E-state index contributed by atoms with van der Waals surface area (Å²) in [6.45, 7) is 1.22. The predicted octanol–water partition coefficient (Wildman–Crippen LogP) is 3.76. The Morgan fingerprint density at radius 2 is 1.76 bits per heavy atom. The van der Waals surface area contributed by atoms with Crippen molar-refractivity contribution in [2.24, 2.45) is 0 Å². The summed E-state index contributed by atoms with van der Waals surface area (Å²) in [6, 6.07) is 15.5. The highest BCUT2D eigenvalue weighted by molar-refractivity contribution is 5.39. The van der Waals surface area contributed by atoms with Gasteiger partial charge in [-0.2, -0.15) is 0 Å². The van der Waals surface area contributed by atoms with Gasteiger partial charge in [-0.25, -0.2) is 0 Å². The van der Waals surface area contributed by atoms with Gasteiger partial charge in [-0.05, 0) is 29.9 Å². The zero-order valence-electron chi connectivity index (χ0n) is 11.8. The van der Waals surface area contributed by atoms with Gasteiger partial charge in [-0.3, -0.25) is 10.1 Å². The lowest BCUT2D eigenvalue weighted by molar-refractivity contribution is -0.385. The predicted molar refractivity (Wildman–Crippen MR) is 82.1 cm³/mol. The summed E-state index contributed by atoms with van der Waals surface area (Å²) >= 11 is 0. The van der Waals surface area contributed by atoms with Gasteiger partial charge in [0.05, 0.1) is 4.92 Å². The van der Waals surface area contributed by atoms with Crippen LogP contribution < -0.4 is 5.32 Å². The molecule has 0 bridgehead atoms. The van der Waals surface area contributed by atoms with E-state index in [2.05, 4.69) is 29.6 Å². The molecule has 0 aliphatic heterocycles. The number of nitro groups is 1. The number of hydrogen-bond donors (Lipinski definition) is 1. The Morgan fingerprint density at radius 3 is 2.43 bits per heavy atom. The minimum Gasteiger partial charge on any atom is -0.308 e. The molecule has 0 saturated heterocycles. The van der Waals surface area contributed by atoms with Crippen LogP contribution in [0.15, 0.2) is 48.5 Å². The first-order chi connectivity index (χ1) is 10.2. The maximum absolute atomic E-state index is 10.9. The normalized spacial score (nSPS) is 14.1. The van der Waals surface area contributed by atoms with Crippen LogP contribution in [0.2, 0.25) is 0 Å². The Kier molecular flexibility index (Phi) is 3.97. The minimum absolute atomic E-state index is 0.175. The molecule has 2 aromatic carbocycles. The minimum atomic E-state index is -0.332. The molecule has 0 atom stereocenters. The van der Waals surface area contributed by atoms with E-state index in [1.54, 1.807) is 18.2 Å². The second kappa shape index (κ2) is 6.06. The lowest BCUT2D eigenvalue weighted by Gasteiger charge is -2.07. The number of para-hydroxylation sites is 1. The van der Waals surface area contributed by atoms with Gasteiger partial charge in [0.25, 0.3) is 5.69 Å². The monoisotopic (exact) mass is 282 g/mol.